The summed E-state index contributed by atoms with van der Waals surface area (Å²) in [6.07, 6.45) is 7.98. The van der Waals surface area contributed by atoms with Crippen LogP contribution in [0.3, 0.4) is 0 Å². The van der Waals surface area contributed by atoms with Crippen molar-refractivity contribution in [2.24, 2.45) is 17.8 Å². The Bertz CT molecular complexity index is 1220. The van der Waals surface area contributed by atoms with Crippen molar-refractivity contribution in [3.63, 3.8) is 0 Å². The molecular formula is C32H44N6O3. The number of rotatable bonds is 7. The first-order chi connectivity index (χ1) is 20.0. The Morgan fingerprint density at radius 1 is 1.00 bits per heavy atom. The molecule has 3 heterocycles. The Hall–Kier alpha value is -2.88. The van der Waals surface area contributed by atoms with E-state index in [2.05, 4.69) is 38.2 Å². The lowest BCUT2D eigenvalue weighted by molar-refractivity contribution is -0.136. The topological polar surface area (TPSA) is 84.4 Å². The van der Waals surface area contributed by atoms with Crippen LogP contribution in [0, 0.1) is 17.8 Å². The van der Waals surface area contributed by atoms with Crippen molar-refractivity contribution in [3.05, 3.63) is 42.6 Å². The fraction of sp³-hybridized carbons (Fsp3) is 0.625. The number of methoxy groups -OCH3 is 1. The second-order valence-corrected chi connectivity index (χ2v) is 13.0. The minimum absolute atomic E-state index is 0.00812. The Morgan fingerprint density at radius 3 is 2.44 bits per heavy atom. The third-order valence-electron chi connectivity index (χ3n) is 10.4. The molecule has 1 aromatic heterocycles. The summed E-state index contributed by atoms with van der Waals surface area (Å²) in [6, 6.07) is 12.6. The molecule has 4 aliphatic carbocycles. The maximum atomic E-state index is 13.7. The Morgan fingerprint density at radius 2 is 1.76 bits per heavy atom. The lowest BCUT2D eigenvalue weighted by Gasteiger charge is -2.58. The summed E-state index contributed by atoms with van der Waals surface area (Å²) in [7, 11) is 1.76. The van der Waals surface area contributed by atoms with Crippen molar-refractivity contribution in [2.75, 3.05) is 74.2 Å². The Kier molecular flexibility index (Phi) is 7.29. The van der Waals surface area contributed by atoms with Crippen LogP contribution < -0.4 is 20.0 Å². The zero-order valence-electron chi connectivity index (χ0n) is 24.3. The largest absolute Gasteiger partial charge is 0.390 e. The van der Waals surface area contributed by atoms with E-state index in [0.717, 1.165) is 101 Å². The van der Waals surface area contributed by atoms with E-state index >= 15 is 0 Å². The molecular weight excluding hydrogens is 516 g/mol. The number of aromatic nitrogens is 1. The average Bonchev–Trinajstić information content (AvgIpc) is 2.98. The molecule has 4 bridgehead atoms. The number of carbonyl (C=O) groups excluding carboxylic acids is 1. The van der Waals surface area contributed by atoms with Crippen LogP contribution in [0.2, 0.25) is 0 Å². The van der Waals surface area contributed by atoms with Crippen LogP contribution >= 0.6 is 0 Å². The van der Waals surface area contributed by atoms with Crippen molar-refractivity contribution in [2.45, 2.75) is 50.2 Å². The van der Waals surface area contributed by atoms with Gasteiger partial charge in [0, 0.05) is 65.6 Å². The zero-order valence-corrected chi connectivity index (χ0v) is 24.3. The summed E-state index contributed by atoms with van der Waals surface area (Å²) in [5, 5.41) is 14.4. The van der Waals surface area contributed by atoms with E-state index in [0.29, 0.717) is 30.8 Å². The van der Waals surface area contributed by atoms with Crippen molar-refractivity contribution < 1.29 is 14.6 Å². The molecule has 8 rings (SSSR count). The molecule has 2 N–H and O–H groups in total. The number of nitrogens with zero attached hydrogens (tertiary/aromatic N) is 5. The molecule has 2 unspecified atom stereocenters. The van der Waals surface area contributed by atoms with Crippen molar-refractivity contribution in [3.8, 4) is 0 Å². The van der Waals surface area contributed by atoms with E-state index in [1.807, 2.05) is 29.3 Å². The highest BCUT2D eigenvalue weighted by molar-refractivity contribution is 5.98. The number of pyridine rings is 1. The van der Waals surface area contributed by atoms with Crippen LogP contribution in [0.25, 0.3) is 0 Å². The Balaban J connectivity index is 1.01. The van der Waals surface area contributed by atoms with E-state index in [-0.39, 0.29) is 12.1 Å². The van der Waals surface area contributed by atoms with Gasteiger partial charge in [0.2, 0.25) is 0 Å². The van der Waals surface area contributed by atoms with E-state index in [4.69, 9.17) is 9.72 Å². The minimum Gasteiger partial charge on any atom is -0.390 e. The standard InChI is InChI=1S/C32H44N6O3/c1-41-16-4-9-35-10-12-36(13-11-35)26-7-8-29(33-22-26)37-14-15-38(28-6-3-2-5-27(28)37)31(39)34-30-24-17-23-18-25(30)21-32(40,19-23)20-24/h2-3,5-8,22-25,30,40H,4,9-21H2,1H3,(H,34,39). The molecule has 4 saturated carbocycles. The number of para-hydroxylation sites is 2. The van der Waals surface area contributed by atoms with E-state index in [9.17, 15) is 9.90 Å². The van der Waals surface area contributed by atoms with Gasteiger partial charge < -0.3 is 25.0 Å². The fourth-order valence-electron chi connectivity index (χ4n) is 8.64. The van der Waals surface area contributed by atoms with Gasteiger partial charge in [-0.3, -0.25) is 9.80 Å². The van der Waals surface area contributed by atoms with Crippen LogP contribution in [0.15, 0.2) is 42.6 Å². The van der Waals surface area contributed by atoms with Crippen LogP contribution in [0.1, 0.15) is 38.5 Å². The van der Waals surface area contributed by atoms with Gasteiger partial charge in [-0.1, -0.05) is 12.1 Å². The van der Waals surface area contributed by atoms with Crippen LogP contribution in [0.5, 0.6) is 0 Å². The second-order valence-electron chi connectivity index (χ2n) is 13.0. The maximum absolute atomic E-state index is 13.7. The number of amides is 2. The van der Waals surface area contributed by atoms with Gasteiger partial charge in [0.1, 0.15) is 5.82 Å². The SMILES string of the molecule is COCCCN1CCN(c2ccc(N3CCN(C(=O)NC4C5CC6CC4CC(O)(C6)C5)c4ccccc43)nc2)CC1. The molecule has 2 aliphatic heterocycles. The molecule has 0 spiro atoms. The number of aliphatic hydroxyl groups is 1. The molecule has 5 fully saturated rings. The van der Waals surface area contributed by atoms with Crippen molar-refractivity contribution in [1.82, 2.24) is 15.2 Å². The molecule has 2 aromatic rings. The first kappa shape index (κ1) is 27.0. The van der Waals surface area contributed by atoms with Gasteiger partial charge >= 0.3 is 6.03 Å². The first-order valence-corrected chi connectivity index (χ1v) is 15.6. The zero-order chi connectivity index (χ0) is 28.0. The van der Waals surface area contributed by atoms with Crippen molar-refractivity contribution in [1.29, 1.82) is 0 Å². The highest BCUT2D eigenvalue weighted by Gasteiger charge is 2.55. The minimum atomic E-state index is -0.489. The van der Waals surface area contributed by atoms with Gasteiger partial charge in [-0.05, 0) is 80.5 Å². The number of nitrogens with one attached hydrogen (secondary N) is 1. The lowest BCUT2D eigenvalue weighted by Crippen LogP contribution is -2.63. The summed E-state index contributed by atoms with van der Waals surface area (Å²) in [5.41, 5.74) is 2.61. The summed E-state index contributed by atoms with van der Waals surface area (Å²) in [5.74, 6) is 2.33. The maximum Gasteiger partial charge on any atom is 0.322 e. The number of piperazine rings is 1. The number of carbonyl (C=O) groups is 1. The van der Waals surface area contributed by atoms with Gasteiger partial charge in [-0.25, -0.2) is 9.78 Å². The molecule has 1 aromatic carbocycles. The van der Waals surface area contributed by atoms with E-state index in [1.54, 1.807) is 7.11 Å². The van der Waals surface area contributed by atoms with E-state index in [1.165, 1.54) is 0 Å². The third-order valence-corrected chi connectivity index (χ3v) is 10.4. The third kappa shape index (κ3) is 5.28. The summed E-state index contributed by atoms with van der Waals surface area (Å²) in [4.78, 5) is 27.7. The van der Waals surface area contributed by atoms with Crippen LogP contribution in [-0.2, 0) is 4.74 Å². The molecule has 2 atom stereocenters. The predicted molar refractivity (Wildman–Crippen MR) is 161 cm³/mol. The smallest absolute Gasteiger partial charge is 0.322 e. The van der Waals surface area contributed by atoms with Crippen LogP contribution in [-0.4, -0.2) is 92.2 Å². The number of urea groups is 1. The van der Waals surface area contributed by atoms with Gasteiger partial charge in [0.15, 0.2) is 0 Å². The monoisotopic (exact) mass is 560 g/mol. The number of benzene rings is 1. The molecule has 0 radical (unpaired) electrons. The van der Waals surface area contributed by atoms with Crippen LogP contribution in [0.4, 0.5) is 27.7 Å². The quantitative estimate of drug-likeness (QED) is 0.498. The lowest BCUT2D eigenvalue weighted by atomic mass is 9.52. The number of hydrogen-bond donors (Lipinski definition) is 2. The summed E-state index contributed by atoms with van der Waals surface area (Å²) >= 11 is 0. The molecule has 220 valence electrons. The number of anilines is 4. The molecule has 1 saturated heterocycles. The summed E-state index contributed by atoms with van der Waals surface area (Å²) in [6.45, 7) is 7.34. The predicted octanol–water partition coefficient (Wildman–Crippen LogP) is 3.85. The van der Waals surface area contributed by atoms with Gasteiger partial charge in [-0.15, -0.1) is 0 Å². The van der Waals surface area contributed by atoms with Gasteiger partial charge in [0.05, 0.1) is 28.9 Å². The summed E-state index contributed by atoms with van der Waals surface area (Å²) < 4.78 is 5.20. The molecule has 41 heavy (non-hydrogen) atoms. The normalized spacial score (nSPS) is 30.9. The average molecular weight is 561 g/mol. The number of hydrogen-bond acceptors (Lipinski definition) is 7. The fourth-order valence-corrected chi connectivity index (χ4v) is 8.64. The highest BCUT2D eigenvalue weighted by atomic mass is 16.5. The number of ether oxygens (including phenoxy) is 1. The van der Waals surface area contributed by atoms with Crippen molar-refractivity contribution >= 4 is 28.9 Å². The second kappa shape index (κ2) is 11.1. The molecule has 9 heteroatoms. The first-order valence-electron chi connectivity index (χ1n) is 15.6. The molecule has 2 amide bonds. The molecule has 6 aliphatic rings. The molecule has 9 nitrogen and oxygen atoms in total. The van der Waals surface area contributed by atoms with Gasteiger partial charge in [-0.2, -0.15) is 0 Å². The van der Waals surface area contributed by atoms with Gasteiger partial charge in [0.25, 0.3) is 0 Å². The Labute approximate surface area is 243 Å². The van der Waals surface area contributed by atoms with E-state index < -0.39 is 5.60 Å². The highest BCUT2D eigenvalue weighted by Crippen LogP contribution is 2.55. The number of fused-ring (bicyclic) bond motifs is 1.